The quantitative estimate of drug-likeness (QED) is 0.237. The molecule has 0 aliphatic carbocycles. The Morgan fingerprint density at radius 3 is 2.19 bits per heavy atom. The molecule has 0 amide bonds. The van der Waals surface area contributed by atoms with Crippen LogP contribution in [0.15, 0.2) is 79.0 Å². The number of nitrogens with zero attached hydrogens (tertiary/aromatic N) is 1. The van der Waals surface area contributed by atoms with E-state index in [-0.39, 0.29) is 10.8 Å². The van der Waals surface area contributed by atoms with Gasteiger partial charge in [0.25, 0.3) is 0 Å². The molecule has 2 aromatic heterocycles. The van der Waals surface area contributed by atoms with Gasteiger partial charge in [-0.3, -0.25) is 4.98 Å². The normalized spacial score (nSPS) is 12.8. The van der Waals surface area contributed by atoms with Gasteiger partial charge in [-0.1, -0.05) is 90.1 Å². The molecule has 6 rings (SSSR count). The van der Waals surface area contributed by atoms with Crippen LogP contribution in [0.2, 0.25) is 0 Å². The summed E-state index contributed by atoms with van der Waals surface area (Å²) in [7, 11) is 0. The van der Waals surface area contributed by atoms with E-state index in [1.165, 1.54) is 58.4 Å². The molecule has 180 valence electrons. The van der Waals surface area contributed by atoms with E-state index in [2.05, 4.69) is 114 Å². The minimum atomic E-state index is 0.0450. The van der Waals surface area contributed by atoms with Crippen LogP contribution in [-0.2, 0) is 11.8 Å². The van der Waals surface area contributed by atoms with Crippen LogP contribution in [0.25, 0.3) is 53.0 Å². The molecule has 0 fully saturated rings. The summed E-state index contributed by atoms with van der Waals surface area (Å²) in [4.78, 5) is 4.96. The fourth-order valence-corrected chi connectivity index (χ4v) is 6.86. The lowest BCUT2D eigenvalue weighted by Gasteiger charge is -2.22. The average Bonchev–Trinajstić information content (AvgIpc) is 3.21. The third-order valence-corrected chi connectivity index (χ3v) is 8.37. The molecule has 0 spiro atoms. The molecule has 0 saturated heterocycles. The molecule has 0 aliphatic heterocycles. The van der Waals surface area contributed by atoms with Crippen LogP contribution in [-0.4, -0.2) is 4.98 Å². The molecular formula is C34H33NS. The lowest BCUT2D eigenvalue weighted by Crippen LogP contribution is -2.12. The fraction of sp³-hybridized carbons (Fsp3) is 0.265. The monoisotopic (exact) mass is 487 g/mol. The number of aromatic nitrogens is 1. The van der Waals surface area contributed by atoms with Crippen LogP contribution in [0, 0.1) is 5.41 Å². The van der Waals surface area contributed by atoms with Crippen LogP contribution in [0.4, 0.5) is 0 Å². The Kier molecular flexibility index (Phi) is 5.25. The van der Waals surface area contributed by atoms with Gasteiger partial charge in [-0.2, -0.15) is 0 Å². The molecule has 6 aromatic rings. The Hall–Kier alpha value is -3.23. The van der Waals surface area contributed by atoms with Crippen LogP contribution in [0.1, 0.15) is 52.7 Å². The van der Waals surface area contributed by atoms with E-state index in [1.807, 2.05) is 17.5 Å². The lowest BCUT2D eigenvalue weighted by molar-refractivity contribution is 0.411. The van der Waals surface area contributed by atoms with Gasteiger partial charge < -0.3 is 0 Å². The van der Waals surface area contributed by atoms with E-state index in [4.69, 9.17) is 4.98 Å². The van der Waals surface area contributed by atoms with Gasteiger partial charge >= 0.3 is 0 Å². The maximum atomic E-state index is 4.96. The second kappa shape index (κ2) is 8.15. The van der Waals surface area contributed by atoms with E-state index in [1.54, 1.807) is 0 Å². The number of benzene rings is 4. The number of thiophene rings is 1. The summed E-state index contributed by atoms with van der Waals surface area (Å²) in [6.07, 6.45) is 3.06. The lowest BCUT2D eigenvalue weighted by atomic mass is 9.82. The fourth-order valence-electron chi connectivity index (χ4n) is 5.52. The molecule has 0 radical (unpaired) electrons. The van der Waals surface area contributed by atoms with Gasteiger partial charge in [0.1, 0.15) is 0 Å². The molecule has 0 bridgehead atoms. The van der Waals surface area contributed by atoms with Crippen molar-refractivity contribution in [3.63, 3.8) is 0 Å². The van der Waals surface area contributed by atoms with E-state index in [9.17, 15) is 0 Å². The Morgan fingerprint density at radius 2 is 1.42 bits per heavy atom. The summed E-state index contributed by atoms with van der Waals surface area (Å²) < 4.78 is 2.64. The topological polar surface area (TPSA) is 12.9 Å². The minimum absolute atomic E-state index is 0.0450. The summed E-state index contributed by atoms with van der Waals surface area (Å²) in [6, 6.07) is 27.2. The predicted molar refractivity (Wildman–Crippen MR) is 159 cm³/mol. The molecule has 4 aromatic carbocycles. The molecule has 0 atom stereocenters. The number of hydrogen-bond acceptors (Lipinski definition) is 2. The van der Waals surface area contributed by atoms with Crippen molar-refractivity contribution in [2.75, 3.05) is 0 Å². The van der Waals surface area contributed by atoms with Crippen molar-refractivity contribution in [1.82, 2.24) is 4.98 Å². The highest BCUT2D eigenvalue weighted by Gasteiger charge is 2.20. The molecule has 0 aliphatic rings. The minimum Gasteiger partial charge on any atom is -0.255 e. The molecule has 0 N–H and O–H groups in total. The molecule has 1 nitrogen and oxygen atoms in total. The Balaban J connectivity index is 1.62. The molecule has 0 saturated carbocycles. The highest BCUT2D eigenvalue weighted by Crippen LogP contribution is 2.43. The van der Waals surface area contributed by atoms with Gasteiger partial charge in [0.05, 0.1) is 10.4 Å². The van der Waals surface area contributed by atoms with E-state index >= 15 is 0 Å². The Labute approximate surface area is 217 Å². The number of fused-ring (bicyclic) bond motifs is 6. The summed E-state index contributed by atoms with van der Waals surface area (Å²) in [5, 5.41) is 7.90. The number of hydrogen-bond donors (Lipinski definition) is 0. The number of pyridine rings is 1. The summed E-state index contributed by atoms with van der Waals surface area (Å²) in [5.74, 6) is 0. The van der Waals surface area contributed by atoms with Crippen molar-refractivity contribution in [3.05, 3.63) is 90.1 Å². The average molecular weight is 488 g/mol. The standard InChI is InChI=1S/C34H33NS/c1-33(2,3)20-21-11-12-22-13-14-26-27-15-16-35-30(32(27)36-31(26)28(22)17-21)24-18-23-9-7-8-10-25(23)29(19-24)34(4,5)6/h7-19H,20H2,1-6H3. The van der Waals surface area contributed by atoms with Crippen LogP contribution >= 0.6 is 11.3 Å². The van der Waals surface area contributed by atoms with Crippen LogP contribution in [0.5, 0.6) is 0 Å². The first-order valence-electron chi connectivity index (χ1n) is 12.8. The highest BCUT2D eigenvalue weighted by atomic mass is 32.1. The van der Waals surface area contributed by atoms with Crippen molar-refractivity contribution < 1.29 is 0 Å². The van der Waals surface area contributed by atoms with Gasteiger partial charge in [0, 0.05) is 27.2 Å². The van der Waals surface area contributed by atoms with E-state index < -0.39 is 0 Å². The maximum Gasteiger partial charge on any atom is 0.0880 e. The highest BCUT2D eigenvalue weighted by molar-refractivity contribution is 7.27. The van der Waals surface area contributed by atoms with Gasteiger partial charge in [0.15, 0.2) is 0 Å². The summed E-state index contributed by atoms with van der Waals surface area (Å²) in [6.45, 7) is 13.8. The first-order chi connectivity index (χ1) is 17.1. The van der Waals surface area contributed by atoms with Crippen molar-refractivity contribution in [3.8, 4) is 11.3 Å². The summed E-state index contributed by atoms with van der Waals surface area (Å²) in [5.41, 5.74) is 5.37. The second-order valence-electron chi connectivity index (χ2n) is 12.4. The van der Waals surface area contributed by atoms with Crippen LogP contribution < -0.4 is 0 Å². The third kappa shape index (κ3) is 3.98. The maximum absolute atomic E-state index is 4.96. The van der Waals surface area contributed by atoms with Gasteiger partial charge in [-0.15, -0.1) is 11.3 Å². The molecular weight excluding hydrogens is 454 g/mol. The Bertz CT molecular complexity index is 1770. The second-order valence-corrected chi connectivity index (χ2v) is 13.4. The van der Waals surface area contributed by atoms with E-state index in [0.717, 1.165) is 12.1 Å². The first-order valence-corrected chi connectivity index (χ1v) is 13.7. The summed E-state index contributed by atoms with van der Waals surface area (Å²) >= 11 is 1.90. The molecule has 0 unspecified atom stereocenters. The van der Waals surface area contributed by atoms with Gasteiger partial charge in [-0.25, -0.2) is 0 Å². The van der Waals surface area contributed by atoms with Crippen molar-refractivity contribution in [1.29, 1.82) is 0 Å². The molecule has 36 heavy (non-hydrogen) atoms. The van der Waals surface area contributed by atoms with Gasteiger partial charge in [0.2, 0.25) is 0 Å². The van der Waals surface area contributed by atoms with Crippen LogP contribution in [0.3, 0.4) is 0 Å². The largest absolute Gasteiger partial charge is 0.255 e. The van der Waals surface area contributed by atoms with Crippen molar-refractivity contribution >= 4 is 53.1 Å². The zero-order valence-corrected chi connectivity index (χ0v) is 22.9. The SMILES string of the molecule is CC(C)(C)Cc1ccc2ccc3c4ccnc(-c5cc(C(C)(C)C)c6ccccc6c5)c4sc3c2c1. The zero-order chi connectivity index (χ0) is 25.2. The smallest absolute Gasteiger partial charge is 0.0880 e. The number of rotatable bonds is 2. The first kappa shape index (κ1) is 23.2. The van der Waals surface area contributed by atoms with Crippen molar-refractivity contribution in [2.45, 2.75) is 53.4 Å². The van der Waals surface area contributed by atoms with E-state index in [0.29, 0.717) is 0 Å². The third-order valence-electron chi connectivity index (χ3n) is 7.11. The van der Waals surface area contributed by atoms with Gasteiger partial charge in [-0.05, 0) is 74.2 Å². The predicted octanol–water partition coefficient (Wildman–Crippen LogP) is 10.3. The van der Waals surface area contributed by atoms with Crippen molar-refractivity contribution in [2.24, 2.45) is 5.41 Å². The molecule has 2 heterocycles. The zero-order valence-electron chi connectivity index (χ0n) is 22.1. The Morgan fingerprint density at radius 1 is 0.667 bits per heavy atom. The molecule has 2 heteroatoms.